The Hall–Kier alpha value is -3.15. The van der Waals surface area contributed by atoms with Crippen LogP contribution >= 0.6 is 0 Å². The van der Waals surface area contributed by atoms with Crippen LogP contribution in [-0.4, -0.2) is 35.2 Å². The van der Waals surface area contributed by atoms with Gasteiger partial charge in [-0.15, -0.1) is 10.2 Å². The summed E-state index contributed by atoms with van der Waals surface area (Å²) >= 11 is 0. The Morgan fingerprint density at radius 2 is 1.76 bits per heavy atom. The molecular formula is C19H19N3O3. The van der Waals surface area contributed by atoms with Gasteiger partial charge in [0.15, 0.2) is 0 Å². The summed E-state index contributed by atoms with van der Waals surface area (Å²) < 4.78 is 10.8. The average Bonchev–Trinajstić information content (AvgIpc) is 3.10. The monoisotopic (exact) mass is 337 g/mol. The van der Waals surface area contributed by atoms with Gasteiger partial charge in [-0.2, -0.15) is 0 Å². The Bertz CT molecular complexity index is 854. The van der Waals surface area contributed by atoms with Crippen LogP contribution in [0.5, 0.6) is 5.75 Å². The molecule has 6 nitrogen and oxygen atoms in total. The maximum Gasteiger partial charge on any atom is 0.254 e. The van der Waals surface area contributed by atoms with Gasteiger partial charge in [0, 0.05) is 18.2 Å². The van der Waals surface area contributed by atoms with Crippen molar-refractivity contribution in [2.45, 2.75) is 13.5 Å². The molecular weight excluding hydrogens is 318 g/mol. The molecule has 0 bridgehead atoms. The Morgan fingerprint density at radius 3 is 2.40 bits per heavy atom. The average molecular weight is 337 g/mol. The zero-order valence-electron chi connectivity index (χ0n) is 14.4. The quantitative estimate of drug-likeness (QED) is 0.714. The molecule has 1 heterocycles. The summed E-state index contributed by atoms with van der Waals surface area (Å²) in [5, 5.41) is 8.08. The summed E-state index contributed by atoms with van der Waals surface area (Å²) in [6.07, 6.45) is 0. The highest BCUT2D eigenvalue weighted by Crippen LogP contribution is 2.19. The van der Waals surface area contributed by atoms with Gasteiger partial charge >= 0.3 is 0 Å². The zero-order valence-corrected chi connectivity index (χ0v) is 14.4. The number of benzene rings is 2. The highest BCUT2D eigenvalue weighted by atomic mass is 16.5. The lowest BCUT2D eigenvalue weighted by molar-refractivity contribution is 0.0773. The van der Waals surface area contributed by atoms with E-state index in [4.69, 9.17) is 9.15 Å². The molecule has 0 aliphatic heterocycles. The number of aryl methyl sites for hydroxylation is 1. The first kappa shape index (κ1) is 16.7. The predicted octanol–water partition coefficient (Wildman–Crippen LogP) is 3.33. The first-order valence-corrected chi connectivity index (χ1v) is 7.86. The van der Waals surface area contributed by atoms with Gasteiger partial charge in [0.25, 0.3) is 5.91 Å². The number of rotatable bonds is 5. The van der Waals surface area contributed by atoms with Crippen LogP contribution in [0.4, 0.5) is 0 Å². The topological polar surface area (TPSA) is 68.5 Å². The van der Waals surface area contributed by atoms with E-state index in [1.54, 1.807) is 38.4 Å². The molecule has 0 radical (unpaired) electrons. The first-order chi connectivity index (χ1) is 12.1. The van der Waals surface area contributed by atoms with Crippen molar-refractivity contribution in [1.29, 1.82) is 0 Å². The Balaban J connectivity index is 1.69. The zero-order chi connectivity index (χ0) is 17.8. The number of hydrogen-bond donors (Lipinski definition) is 0. The molecule has 128 valence electrons. The lowest BCUT2D eigenvalue weighted by atomic mass is 10.1. The molecule has 3 aromatic rings. The summed E-state index contributed by atoms with van der Waals surface area (Å²) in [6, 6.07) is 14.8. The van der Waals surface area contributed by atoms with E-state index in [2.05, 4.69) is 10.2 Å². The van der Waals surface area contributed by atoms with Crippen LogP contribution in [0, 0.1) is 6.92 Å². The molecule has 0 fully saturated rings. The third kappa shape index (κ3) is 3.85. The Morgan fingerprint density at radius 1 is 1.08 bits per heavy atom. The minimum Gasteiger partial charge on any atom is -0.497 e. The van der Waals surface area contributed by atoms with Gasteiger partial charge in [0.05, 0.1) is 13.7 Å². The van der Waals surface area contributed by atoms with E-state index < -0.39 is 0 Å². The summed E-state index contributed by atoms with van der Waals surface area (Å²) in [6.45, 7) is 2.26. The molecule has 0 N–H and O–H groups in total. The summed E-state index contributed by atoms with van der Waals surface area (Å²) in [5.41, 5.74) is 2.59. The minimum atomic E-state index is -0.127. The second-order valence-electron chi connectivity index (χ2n) is 5.76. The normalized spacial score (nSPS) is 10.5. The molecule has 6 heteroatoms. The van der Waals surface area contributed by atoms with Crippen molar-refractivity contribution < 1.29 is 13.9 Å². The Labute approximate surface area is 146 Å². The predicted molar refractivity (Wildman–Crippen MR) is 93.3 cm³/mol. The number of nitrogens with zero attached hydrogens (tertiary/aromatic N) is 3. The fourth-order valence-electron chi connectivity index (χ4n) is 2.36. The molecule has 2 aromatic carbocycles. The van der Waals surface area contributed by atoms with Gasteiger partial charge in [0.1, 0.15) is 5.75 Å². The first-order valence-electron chi connectivity index (χ1n) is 7.86. The summed E-state index contributed by atoms with van der Waals surface area (Å²) in [7, 11) is 3.28. The number of aromatic nitrogens is 2. The van der Waals surface area contributed by atoms with Crippen molar-refractivity contribution >= 4 is 5.91 Å². The lowest BCUT2D eigenvalue weighted by Gasteiger charge is -2.15. The molecule has 3 rings (SSSR count). The van der Waals surface area contributed by atoms with Crippen molar-refractivity contribution in [2.75, 3.05) is 14.2 Å². The van der Waals surface area contributed by atoms with Crippen LogP contribution in [0.3, 0.4) is 0 Å². The smallest absolute Gasteiger partial charge is 0.254 e. The van der Waals surface area contributed by atoms with Gasteiger partial charge in [-0.1, -0.05) is 17.7 Å². The van der Waals surface area contributed by atoms with E-state index in [1.165, 1.54) is 4.90 Å². The fourth-order valence-corrected chi connectivity index (χ4v) is 2.36. The lowest BCUT2D eigenvalue weighted by Crippen LogP contribution is -2.26. The van der Waals surface area contributed by atoms with Crippen molar-refractivity contribution in [3.63, 3.8) is 0 Å². The van der Waals surface area contributed by atoms with Crippen LogP contribution in [0.1, 0.15) is 21.8 Å². The second kappa shape index (κ2) is 7.17. The van der Waals surface area contributed by atoms with Crippen LogP contribution < -0.4 is 4.74 Å². The largest absolute Gasteiger partial charge is 0.497 e. The molecule has 0 aliphatic rings. The van der Waals surface area contributed by atoms with Crippen LogP contribution in [0.2, 0.25) is 0 Å². The molecule has 0 aliphatic carbocycles. The third-order valence-electron chi connectivity index (χ3n) is 3.82. The molecule has 0 saturated carbocycles. The molecule has 0 spiro atoms. The fraction of sp³-hybridized carbons (Fsp3) is 0.211. The number of amides is 1. The number of ether oxygens (including phenoxy) is 1. The molecule has 1 amide bonds. The van der Waals surface area contributed by atoms with Gasteiger partial charge in [-0.25, -0.2) is 0 Å². The maximum absolute atomic E-state index is 12.5. The number of hydrogen-bond acceptors (Lipinski definition) is 5. The van der Waals surface area contributed by atoms with Crippen LogP contribution in [0.15, 0.2) is 52.9 Å². The highest BCUT2D eigenvalue weighted by Gasteiger charge is 2.16. The van der Waals surface area contributed by atoms with Crippen molar-refractivity contribution in [3.8, 4) is 17.2 Å². The van der Waals surface area contributed by atoms with E-state index in [0.717, 1.165) is 11.1 Å². The van der Waals surface area contributed by atoms with Crippen molar-refractivity contribution in [2.24, 2.45) is 0 Å². The second-order valence-corrected chi connectivity index (χ2v) is 5.76. The third-order valence-corrected chi connectivity index (χ3v) is 3.82. The van der Waals surface area contributed by atoms with E-state index in [9.17, 15) is 4.79 Å². The summed E-state index contributed by atoms with van der Waals surface area (Å²) in [5.74, 6) is 1.41. The van der Waals surface area contributed by atoms with E-state index >= 15 is 0 Å². The molecule has 0 unspecified atom stereocenters. The van der Waals surface area contributed by atoms with Gasteiger partial charge in [-0.05, 0) is 43.3 Å². The number of carbonyl (C=O) groups is 1. The minimum absolute atomic E-state index is 0.127. The van der Waals surface area contributed by atoms with E-state index in [1.807, 2.05) is 31.2 Å². The van der Waals surface area contributed by atoms with E-state index in [0.29, 0.717) is 23.1 Å². The standard InChI is InChI=1S/C19H19N3O3/c1-13-4-6-14(7-5-13)18-21-20-17(25-18)12-22(2)19(23)15-8-10-16(24-3)11-9-15/h4-11H,12H2,1-3H3. The molecule has 1 aromatic heterocycles. The van der Waals surface area contributed by atoms with Gasteiger partial charge in [-0.3, -0.25) is 4.79 Å². The molecule has 25 heavy (non-hydrogen) atoms. The van der Waals surface area contributed by atoms with Crippen LogP contribution in [-0.2, 0) is 6.54 Å². The SMILES string of the molecule is COc1ccc(C(=O)N(C)Cc2nnc(-c3ccc(C)cc3)o2)cc1. The number of methoxy groups -OCH3 is 1. The van der Waals surface area contributed by atoms with Gasteiger partial charge < -0.3 is 14.1 Å². The van der Waals surface area contributed by atoms with Crippen molar-refractivity contribution in [1.82, 2.24) is 15.1 Å². The van der Waals surface area contributed by atoms with Crippen molar-refractivity contribution in [3.05, 3.63) is 65.5 Å². The Kier molecular flexibility index (Phi) is 4.79. The van der Waals surface area contributed by atoms with E-state index in [-0.39, 0.29) is 12.5 Å². The highest BCUT2D eigenvalue weighted by molar-refractivity contribution is 5.94. The summed E-state index contributed by atoms with van der Waals surface area (Å²) in [4.78, 5) is 14.0. The maximum atomic E-state index is 12.5. The molecule has 0 saturated heterocycles. The van der Waals surface area contributed by atoms with Crippen LogP contribution in [0.25, 0.3) is 11.5 Å². The van der Waals surface area contributed by atoms with Gasteiger partial charge in [0.2, 0.25) is 11.8 Å². The number of carbonyl (C=O) groups excluding carboxylic acids is 1. The molecule has 0 atom stereocenters.